The molecule has 1 unspecified atom stereocenters. The summed E-state index contributed by atoms with van der Waals surface area (Å²) in [4.78, 5) is 0. The molecule has 1 aromatic rings. The van der Waals surface area contributed by atoms with E-state index in [-0.39, 0.29) is 12.1 Å². The highest BCUT2D eigenvalue weighted by molar-refractivity contribution is 5.30. The van der Waals surface area contributed by atoms with Crippen LogP contribution in [-0.2, 0) is 4.74 Å². The maximum atomic E-state index is 6.07. The van der Waals surface area contributed by atoms with Gasteiger partial charge in [-0.3, -0.25) is 0 Å². The Morgan fingerprint density at radius 2 is 2.06 bits per heavy atom. The van der Waals surface area contributed by atoms with Crippen molar-refractivity contribution in [2.45, 2.75) is 32.4 Å². The van der Waals surface area contributed by atoms with E-state index in [4.69, 9.17) is 15.2 Å². The van der Waals surface area contributed by atoms with Gasteiger partial charge >= 0.3 is 0 Å². The molecule has 0 aliphatic rings. The summed E-state index contributed by atoms with van der Waals surface area (Å²) in [5.41, 5.74) is 7.16. The lowest BCUT2D eigenvalue weighted by Gasteiger charge is -2.14. The average molecular weight is 223 g/mol. The third-order valence-electron chi connectivity index (χ3n) is 2.40. The molecular weight excluding hydrogens is 202 g/mol. The molecule has 0 bridgehead atoms. The Morgan fingerprint density at radius 3 is 2.69 bits per heavy atom. The molecule has 90 valence electrons. The van der Waals surface area contributed by atoms with Crippen LogP contribution in [0.25, 0.3) is 0 Å². The second-order valence-electron chi connectivity index (χ2n) is 4.09. The molecule has 0 saturated heterocycles. The van der Waals surface area contributed by atoms with Crippen LogP contribution in [0.15, 0.2) is 24.3 Å². The fourth-order valence-corrected chi connectivity index (χ4v) is 1.47. The van der Waals surface area contributed by atoms with Crippen LogP contribution in [0.4, 0.5) is 0 Å². The molecule has 2 N–H and O–H groups in total. The zero-order valence-corrected chi connectivity index (χ0v) is 10.3. The van der Waals surface area contributed by atoms with Crippen molar-refractivity contribution in [2.75, 3.05) is 13.7 Å². The zero-order chi connectivity index (χ0) is 12.0. The van der Waals surface area contributed by atoms with Crippen molar-refractivity contribution in [1.29, 1.82) is 0 Å². The summed E-state index contributed by atoms with van der Waals surface area (Å²) in [5, 5.41) is 0. The molecule has 0 aliphatic carbocycles. The van der Waals surface area contributed by atoms with Crippen LogP contribution >= 0.6 is 0 Å². The van der Waals surface area contributed by atoms with Crippen molar-refractivity contribution in [1.82, 2.24) is 0 Å². The average Bonchev–Trinajstić information content (AvgIpc) is 2.28. The van der Waals surface area contributed by atoms with Gasteiger partial charge in [0, 0.05) is 12.6 Å². The molecule has 0 heterocycles. The first-order valence-electron chi connectivity index (χ1n) is 5.64. The van der Waals surface area contributed by atoms with Gasteiger partial charge in [-0.05, 0) is 38.0 Å². The van der Waals surface area contributed by atoms with Crippen molar-refractivity contribution in [3.63, 3.8) is 0 Å². The van der Waals surface area contributed by atoms with Crippen LogP contribution < -0.4 is 10.5 Å². The van der Waals surface area contributed by atoms with Crippen molar-refractivity contribution < 1.29 is 9.47 Å². The zero-order valence-electron chi connectivity index (χ0n) is 10.3. The molecule has 1 atom stereocenters. The smallest absolute Gasteiger partial charge is 0.119 e. The standard InChI is InChI=1S/C13H21NO2/c1-10(2)16-8-7-13(14)11-5-4-6-12(9-11)15-3/h4-6,9-10,13H,7-8,14H2,1-3H3. The van der Waals surface area contributed by atoms with Crippen molar-refractivity contribution in [3.05, 3.63) is 29.8 Å². The summed E-state index contributed by atoms with van der Waals surface area (Å²) < 4.78 is 10.6. The Bertz CT molecular complexity index is 313. The number of methoxy groups -OCH3 is 1. The molecule has 0 amide bonds. The normalized spacial score (nSPS) is 12.8. The fourth-order valence-electron chi connectivity index (χ4n) is 1.47. The second kappa shape index (κ2) is 6.51. The monoisotopic (exact) mass is 223 g/mol. The van der Waals surface area contributed by atoms with Gasteiger partial charge in [0.25, 0.3) is 0 Å². The highest BCUT2D eigenvalue weighted by Crippen LogP contribution is 2.19. The number of nitrogens with two attached hydrogens (primary N) is 1. The van der Waals surface area contributed by atoms with Crippen LogP contribution in [0.1, 0.15) is 31.9 Å². The molecular formula is C13H21NO2. The number of hydrogen-bond donors (Lipinski definition) is 1. The highest BCUT2D eigenvalue weighted by Gasteiger charge is 2.07. The molecule has 0 radical (unpaired) electrons. The topological polar surface area (TPSA) is 44.5 Å². The van der Waals surface area contributed by atoms with Gasteiger partial charge in [-0.2, -0.15) is 0 Å². The van der Waals surface area contributed by atoms with Crippen LogP contribution in [0.5, 0.6) is 5.75 Å². The van der Waals surface area contributed by atoms with Gasteiger partial charge in [0.05, 0.1) is 13.2 Å². The summed E-state index contributed by atoms with van der Waals surface area (Å²) in [5.74, 6) is 0.845. The number of hydrogen-bond acceptors (Lipinski definition) is 3. The molecule has 3 nitrogen and oxygen atoms in total. The first kappa shape index (κ1) is 13.0. The van der Waals surface area contributed by atoms with E-state index in [1.165, 1.54) is 0 Å². The molecule has 1 rings (SSSR count). The SMILES string of the molecule is COc1cccc(C(N)CCOC(C)C)c1. The van der Waals surface area contributed by atoms with E-state index < -0.39 is 0 Å². The Hall–Kier alpha value is -1.06. The molecule has 0 aliphatic heterocycles. The number of rotatable bonds is 6. The maximum Gasteiger partial charge on any atom is 0.119 e. The van der Waals surface area contributed by atoms with E-state index in [1.54, 1.807) is 7.11 Å². The number of ether oxygens (including phenoxy) is 2. The third-order valence-corrected chi connectivity index (χ3v) is 2.40. The van der Waals surface area contributed by atoms with Gasteiger partial charge in [0.2, 0.25) is 0 Å². The molecule has 0 aromatic heterocycles. The van der Waals surface area contributed by atoms with Gasteiger partial charge in [0.15, 0.2) is 0 Å². The van der Waals surface area contributed by atoms with Crippen molar-refractivity contribution in [2.24, 2.45) is 5.73 Å². The Morgan fingerprint density at radius 1 is 1.31 bits per heavy atom. The Kier molecular flexibility index (Phi) is 5.29. The minimum Gasteiger partial charge on any atom is -0.497 e. The van der Waals surface area contributed by atoms with Gasteiger partial charge < -0.3 is 15.2 Å². The molecule has 3 heteroatoms. The maximum absolute atomic E-state index is 6.07. The quantitative estimate of drug-likeness (QED) is 0.806. The van der Waals surface area contributed by atoms with Gasteiger partial charge in [-0.1, -0.05) is 12.1 Å². The molecule has 1 aromatic carbocycles. The van der Waals surface area contributed by atoms with Crippen LogP contribution in [0.2, 0.25) is 0 Å². The van der Waals surface area contributed by atoms with Crippen molar-refractivity contribution >= 4 is 0 Å². The van der Waals surface area contributed by atoms with Gasteiger partial charge in [-0.15, -0.1) is 0 Å². The van der Waals surface area contributed by atoms with Gasteiger partial charge in [0.1, 0.15) is 5.75 Å². The highest BCUT2D eigenvalue weighted by atomic mass is 16.5. The van der Waals surface area contributed by atoms with E-state index in [0.717, 1.165) is 17.7 Å². The summed E-state index contributed by atoms with van der Waals surface area (Å²) >= 11 is 0. The largest absolute Gasteiger partial charge is 0.497 e. The predicted octanol–water partition coefficient (Wildman–Crippen LogP) is 2.51. The van der Waals surface area contributed by atoms with Gasteiger partial charge in [-0.25, -0.2) is 0 Å². The third kappa shape index (κ3) is 4.21. The number of benzene rings is 1. The minimum atomic E-state index is 0.00819. The summed E-state index contributed by atoms with van der Waals surface area (Å²) in [6.45, 7) is 4.74. The van der Waals surface area contributed by atoms with Crippen molar-refractivity contribution in [3.8, 4) is 5.75 Å². The lowest BCUT2D eigenvalue weighted by atomic mass is 10.1. The summed E-state index contributed by atoms with van der Waals surface area (Å²) in [6.07, 6.45) is 1.09. The van der Waals surface area contributed by atoms with E-state index in [2.05, 4.69) is 0 Å². The Labute approximate surface area is 97.6 Å². The lowest BCUT2D eigenvalue weighted by molar-refractivity contribution is 0.0736. The minimum absolute atomic E-state index is 0.00819. The molecule has 0 spiro atoms. The summed E-state index contributed by atoms with van der Waals surface area (Å²) in [6, 6.07) is 7.87. The first-order chi connectivity index (χ1) is 7.63. The molecule has 0 fully saturated rings. The van der Waals surface area contributed by atoms with E-state index in [1.807, 2.05) is 38.1 Å². The lowest BCUT2D eigenvalue weighted by Crippen LogP contribution is -2.15. The second-order valence-corrected chi connectivity index (χ2v) is 4.09. The molecule has 0 saturated carbocycles. The first-order valence-corrected chi connectivity index (χ1v) is 5.64. The van der Waals surface area contributed by atoms with Crippen LogP contribution in [0, 0.1) is 0 Å². The van der Waals surface area contributed by atoms with Crippen LogP contribution in [-0.4, -0.2) is 19.8 Å². The van der Waals surface area contributed by atoms with E-state index in [9.17, 15) is 0 Å². The van der Waals surface area contributed by atoms with E-state index in [0.29, 0.717) is 6.61 Å². The Balaban J connectivity index is 2.48. The summed E-state index contributed by atoms with van der Waals surface area (Å²) in [7, 11) is 1.66. The van der Waals surface area contributed by atoms with Crippen LogP contribution in [0.3, 0.4) is 0 Å². The van der Waals surface area contributed by atoms with E-state index >= 15 is 0 Å². The fraction of sp³-hybridized carbons (Fsp3) is 0.538. The predicted molar refractivity (Wildman–Crippen MR) is 65.6 cm³/mol. The molecule has 16 heavy (non-hydrogen) atoms.